The van der Waals surface area contributed by atoms with Crippen molar-refractivity contribution in [3.05, 3.63) is 81.6 Å². The van der Waals surface area contributed by atoms with E-state index in [0.29, 0.717) is 39.4 Å². The van der Waals surface area contributed by atoms with Crippen molar-refractivity contribution in [2.75, 3.05) is 19.0 Å². The van der Waals surface area contributed by atoms with Gasteiger partial charge in [-0.25, -0.2) is 9.48 Å². The quantitative estimate of drug-likeness (QED) is 0.377. The molecule has 32 heavy (non-hydrogen) atoms. The molecule has 0 aliphatic rings. The van der Waals surface area contributed by atoms with Crippen molar-refractivity contribution in [1.82, 2.24) is 9.78 Å². The molecule has 1 amide bonds. The molecule has 1 heterocycles. The standard InChI is InChI=1S/C23H21Cl2N3O4/c1-15-18(23(25)28(27-15)13-16-7-9-17(24)10-8-16)11-12-22(30)32-14-21(29)26-19-5-3-4-6-20(19)31-2/h3-12H,13-14H2,1-2H3,(H,26,29). The first-order valence-corrected chi connectivity index (χ1v) is 10.4. The van der Waals surface area contributed by atoms with Gasteiger partial charge in [-0.1, -0.05) is 47.5 Å². The van der Waals surface area contributed by atoms with Crippen LogP contribution in [0.25, 0.3) is 6.08 Å². The summed E-state index contributed by atoms with van der Waals surface area (Å²) in [5.74, 6) is -0.657. The van der Waals surface area contributed by atoms with Gasteiger partial charge in [0.25, 0.3) is 5.91 Å². The van der Waals surface area contributed by atoms with E-state index in [1.165, 1.54) is 19.3 Å². The third-order valence-electron chi connectivity index (χ3n) is 4.47. The van der Waals surface area contributed by atoms with Crippen molar-refractivity contribution in [3.63, 3.8) is 0 Å². The lowest BCUT2D eigenvalue weighted by molar-refractivity contribution is -0.142. The number of halogens is 2. The second kappa shape index (κ2) is 10.8. The van der Waals surface area contributed by atoms with E-state index >= 15 is 0 Å². The number of esters is 1. The Hall–Kier alpha value is -3.29. The van der Waals surface area contributed by atoms with E-state index in [2.05, 4.69) is 10.4 Å². The maximum absolute atomic E-state index is 12.1. The Morgan fingerprint density at radius 3 is 2.56 bits per heavy atom. The van der Waals surface area contributed by atoms with Gasteiger partial charge in [-0.05, 0) is 42.8 Å². The van der Waals surface area contributed by atoms with E-state index in [-0.39, 0.29) is 0 Å². The minimum Gasteiger partial charge on any atom is -0.495 e. The highest BCUT2D eigenvalue weighted by Gasteiger charge is 2.13. The molecule has 0 saturated heterocycles. The molecule has 0 spiro atoms. The van der Waals surface area contributed by atoms with Gasteiger partial charge in [0.2, 0.25) is 0 Å². The number of benzene rings is 2. The summed E-state index contributed by atoms with van der Waals surface area (Å²) in [6.45, 7) is 1.80. The van der Waals surface area contributed by atoms with Gasteiger partial charge < -0.3 is 14.8 Å². The van der Waals surface area contributed by atoms with Crippen LogP contribution in [0.4, 0.5) is 5.69 Å². The number of hydrogen-bond donors (Lipinski definition) is 1. The van der Waals surface area contributed by atoms with Gasteiger partial charge in [0.05, 0.1) is 25.0 Å². The predicted molar refractivity (Wildman–Crippen MR) is 124 cm³/mol. The van der Waals surface area contributed by atoms with Crippen LogP contribution in [0.1, 0.15) is 16.8 Å². The minimum atomic E-state index is -0.680. The number of anilines is 1. The molecular weight excluding hydrogens is 453 g/mol. The maximum Gasteiger partial charge on any atom is 0.331 e. The largest absolute Gasteiger partial charge is 0.495 e. The highest BCUT2D eigenvalue weighted by atomic mass is 35.5. The molecule has 166 valence electrons. The van der Waals surface area contributed by atoms with Crippen LogP contribution in [0.5, 0.6) is 5.75 Å². The molecule has 3 aromatic rings. The summed E-state index contributed by atoms with van der Waals surface area (Å²) in [6, 6.07) is 14.3. The third-order valence-corrected chi connectivity index (χ3v) is 5.12. The summed E-state index contributed by atoms with van der Waals surface area (Å²) >= 11 is 12.3. The number of carbonyl (C=O) groups excluding carboxylic acids is 2. The highest BCUT2D eigenvalue weighted by molar-refractivity contribution is 6.31. The molecule has 0 atom stereocenters. The van der Waals surface area contributed by atoms with Gasteiger partial charge in [0.1, 0.15) is 10.9 Å². The topological polar surface area (TPSA) is 82.4 Å². The number of hydrogen-bond acceptors (Lipinski definition) is 5. The van der Waals surface area contributed by atoms with Gasteiger partial charge in [-0.2, -0.15) is 5.10 Å². The van der Waals surface area contributed by atoms with Crippen LogP contribution in [-0.4, -0.2) is 35.4 Å². The number of ether oxygens (including phenoxy) is 2. The Labute approximate surface area is 195 Å². The molecule has 0 aliphatic carbocycles. The Balaban J connectivity index is 1.57. The Morgan fingerprint density at radius 2 is 1.84 bits per heavy atom. The number of nitrogens with one attached hydrogen (secondary N) is 1. The van der Waals surface area contributed by atoms with Crippen molar-refractivity contribution < 1.29 is 19.1 Å². The van der Waals surface area contributed by atoms with Gasteiger partial charge in [0.15, 0.2) is 6.61 Å². The number of para-hydroxylation sites is 2. The molecule has 0 fully saturated rings. The monoisotopic (exact) mass is 473 g/mol. The van der Waals surface area contributed by atoms with Gasteiger partial charge in [-0.3, -0.25) is 4.79 Å². The zero-order chi connectivity index (χ0) is 23.1. The van der Waals surface area contributed by atoms with Crippen LogP contribution in [0.15, 0.2) is 54.6 Å². The van der Waals surface area contributed by atoms with Crippen LogP contribution in [0.3, 0.4) is 0 Å². The fourth-order valence-corrected chi connectivity index (χ4v) is 3.32. The molecule has 0 bridgehead atoms. The number of nitrogens with zero attached hydrogens (tertiary/aromatic N) is 2. The van der Waals surface area contributed by atoms with Crippen LogP contribution in [-0.2, 0) is 20.9 Å². The normalized spacial score (nSPS) is 10.9. The molecule has 3 rings (SSSR count). The molecule has 0 radical (unpaired) electrons. The molecule has 0 saturated carbocycles. The summed E-state index contributed by atoms with van der Waals surface area (Å²) in [5.41, 5.74) is 2.72. The van der Waals surface area contributed by atoms with Gasteiger partial charge >= 0.3 is 5.97 Å². The van der Waals surface area contributed by atoms with Crippen molar-refractivity contribution in [2.45, 2.75) is 13.5 Å². The Bertz CT molecular complexity index is 1140. The summed E-state index contributed by atoms with van der Waals surface area (Å²) in [6.07, 6.45) is 2.72. The van der Waals surface area contributed by atoms with Crippen molar-refractivity contribution in [1.29, 1.82) is 0 Å². The second-order valence-electron chi connectivity index (χ2n) is 6.76. The van der Waals surface area contributed by atoms with Crippen LogP contribution < -0.4 is 10.1 Å². The van der Waals surface area contributed by atoms with E-state index in [1.807, 2.05) is 12.1 Å². The number of amides is 1. The first kappa shape index (κ1) is 23.4. The Kier molecular flexibility index (Phi) is 7.92. The van der Waals surface area contributed by atoms with E-state index in [0.717, 1.165) is 5.56 Å². The molecule has 0 unspecified atom stereocenters. The fourth-order valence-electron chi connectivity index (χ4n) is 2.89. The van der Waals surface area contributed by atoms with Crippen LogP contribution >= 0.6 is 23.2 Å². The van der Waals surface area contributed by atoms with E-state index in [4.69, 9.17) is 32.7 Å². The Morgan fingerprint density at radius 1 is 1.12 bits per heavy atom. The second-order valence-corrected chi connectivity index (χ2v) is 7.56. The van der Waals surface area contributed by atoms with E-state index in [9.17, 15) is 9.59 Å². The molecule has 1 aromatic heterocycles. The van der Waals surface area contributed by atoms with Crippen molar-refractivity contribution in [2.24, 2.45) is 0 Å². The molecule has 0 aliphatic heterocycles. The average Bonchev–Trinajstić information content (AvgIpc) is 3.05. The van der Waals surface area contributed by atoms with Crippen molar-refractivity contribution >= 4 is 46.8 Å². The van der Waals surface area contributed by atoms with Crippen LogP contribution in [0, 0.1) is 6.92 Å². The molecular formula is C23H21Cl2N3O4. The average molecular weight is 474 g/mol. The van der Waals surface area contributed by atoms with E-state index in [1.54, 1.807) is 48.0 Å². The SMILES string of the molecule is COc1ccccc1NC(=O)COC(=O)C=Cc1c(C)nn(Cc2ccc(Cl)cc2)c1Cl. The lowest BCUT2D eigenvalue weighted by atomic mass is 10.2. The first-order valence-electron chi connectivity index (χ1n) is 9.62. The van der Waals surface area contributed by atoms with Gasteiger partial charge in [-0.15, -0.1) is 0 Å². The van der Waals surface area contributed by atoms with Crippen LogP contribution in [0.2, 0.25) is 10.2 Å². The third kappa shape index (κ3) is 6.12. The predicted octanol–water partition coefficient (Wildman–Crippen LogP) is 4.75. The summed E-state index contributed by atoms with van der Waals surface area (Å²) in [4.78, 5) is 24.1. The molecule has 9 heteroatoms. The molecule has 1 N–H and O–H groups in total. The summed E-state index contributed by atoms with van der Waals surface area (Å²) < 4.78 is 11.8. The lowest BCUT2D eigenvalue weighted by Gasteiger charge is -2.09. The van der Waals surface area contributed by atoms with Crippen molar-refractivity contribution in [3.8, 4) is 5.75 Å². The highest BCUT2D eigenvalue weighted by Crippen LogP contribution is 2.24. The number of methoxy groups -OCH3 is 1. The zero-order valence-corrected chi connectivity index (χ0v) is 19.0. The van der Waals surface area contributed by atoms with E-state index < -0.39 is 18.5 Å². The molecule has 2 aromatic carbocycles. The summed E-state index contributed by atoms with van der Waals surface area (Å²) in [5, 5.41) is 8.08. The number of carbonyl (C=O) groups is 2. The maximum atomic E-state index is 12.1. The number of rotatable bonds is 8. The van der Waals surface area contributed by atoms with Gasteiger partial charge in [0, 0.05) is 16.7 Å². The molecule has 7 nitrogen and oxygen atoms in total. The minimum absolute atomic E-state index is 0.385. The smallest absolute Gasteiger partial charge is 0.331 e. The zero-order valence-electron chi connectivity index (χ0n) is 17.5. The fraction of sp³-hybridized carbons (Fsp3) is 0.174. The summed E-state index contributed by atoms with van der Waals surface area (Å²) in [7, 11) is 1.50. The number of aromatic nitrogens is 2. The number of aryl methyl sites for hydroxylation is 1. The lowest BCUT2D eigenvalue weighted by Crippen LogP contribution is -2.20. The first-order chi connectivity index (χ1) is 15.4.